The van der Waals surface area contributed by atoms with E-state index in [1.165, 1.54) is 29.4 Å². The van der Waals surface area contributed by atoms with Gasteiger partial charge in [-0.2, -0.15) is 0 Å². The Bertz CT molecular complexity index is 794. The molecule has 1 amide bonds. The van der Waals surface area contributed by atoms with E-state index in [0.717, 1.165) is 0 Å². The van der Waals surface area contributed by atoms with Gasteiger partial charge >= 0.3 is 5.97 Å². The summed E-state index contributed by atoms with van der Waals surface area (Å²) in [6.45, 7) is 0.215. The van der Waals surface area contributed by atoms with Crippen molar-refractivity contribution >= 4 is 23.2 Å². The molecule has 1 aliphatic heterocycles. The van der Waals surface area contributed by atoms with Gasteiger partial charge in [-0.3, -0.25) is 4.79 Å². The first-order valence-corrected chi connectivity index (χ1v) is 8.62. The van der Waals surface area contributed by atoms with Crippen molar-refractivity contribution < 1.29 is 23.8 Å². The van der Waals surface area contributed by atoms with Gasteiger partial charge in [-0.05, 0) is 11.6 Å². The summed E-state index contributed by atoms with van der Waals surface area (Å²) in [5.41, 5.74) is 0.680. The number of hydrogen-bond acceptors (Lipinski definition) is 5. The molecule has 25 heavy (non-hydrogen) atoms. The Hall–Kier alpha value is -2.32. The number of carboxylic acids is 1. The number of aromatic nitrogens is 1. The van der Waals surface area contributed by atoms with Crippen LogP contribution < -0.4 is 0 Å². The third-order valence-corrected chi connectivity index (χ3v) is 5.06. The van der Waals surface area contributed by atoms with Gasteiger partial charge < -0.3 is 14.7 Å². The Kier molecular flexibility index (Phi) is 5.10. The van der Waals surface area contributed by atoms with Crippen LogP contribution in [-0.4, -0.2) is 52.7 Å². The molecule has 2 aromatic rings. The summed E-state index contributed by atoms with van der Waals surface area (Å²) < 4.78 is 18.9. The number of ether oxygens (including phenoxy) is 1. The third-order valence-electron chi connectivity index (χ3n) is 4.21. The van der Waals surface area contributed by atoms with E-state index in [0.29, 0.717) is 10.6 Å². The maximum atomic E-state index is 13.7. The predicted octanol–water partition coefficient (Wildman–Crippen LogP) is 2.19. The zero-order valence-corrected chi connectivity index (χ0v) is 14.3. The summed E-state index contributed by atoms with van der Waals surface area (Å²) in [7, 11) is 1.49. The van der Waals surface area contributed by atoms with Crippen LogP contribution in [0.2, 0.25) is 0 Å². The predicted molar refractivity (Wildman–Crippen MR) is 89.2 cm³/mol. The van der Waals surface area contributed by atoms with Gasteiger partial charge in [-0.1, -0.05) is 18.2 Å². The summed E-state index contributed by atoms with van der Waals surface area (Å²) in [5.74, 6) is -1.82. The van der Waals surface area contributed by atoms with Crippen LogP contribution in [0.5, 0.6) is 0 Å². The van der Waals surface area contributed by atoms with Crippen molar-refractivity contribution in [2.45, 2.75) is 25.0 Å². The van der Waals surface area contributed by atoms with Gasteiger partial charge in [0.2, 0.25) is 0 Å². The van der Waals surface area contributed by atoms with Crippen molar-refractivity contribution in [3.63, 3.8) is 0 Å². The van der Waals surface area contributed by atoms with Gasteiger partial charge in [-0.15, -0.1) is 11.3 Å². The standard InChI is InChI=1S/C17H17FN2O4S/c1-24-11-7-14(17(22)23)20(8-11)16(21)13-9-25-15(19-13)6-10-4-2-3-5-12(10)18/h2-5,9,11,14H,6-8H2,1H3,(H,22,23). The molecule has 0 radical (unpaired) electrons. The number of methoxy groups -OCH3 is 1. The van der Waals surface area contributed by atoms with Crippen molar-refractivity contribution in [3.8, 4) is 0 Å². The molecule has 1 aromatic heterocycles. The molecule has 1 saturated heterocycles. The van der Waals surface area contributed by atoms with E-state index in [4.69, 9.17) is 4.74 Å². The molecule has 132 valence electrons. The number of rotatable bonds is 5. The Morgan fingerprint density at radius 1 is 1.44 bits per heavy atom. The molecule has 1 N–H and O–H groups in total. The topological polar surface area (TPSA) is 79.7 Å². The number of likely N-dealkylation sites (tertiary alicyclic amines) is 1. The summed E-state index contributed by atoms with van der Waals surface area (Å²) in [6, 6.07) is 5.48. The highest BCUT2D eigenvalue weighted by atomic mass is 32.1. The molecule has 1 fully saturated rings. The number of amides is 1. The molecule has 2 atom stereocenters. The number of carbonyl (C=O) groups is 2. The number of hydrogen-bond donors (Lipinski definition) is 1. The molecule has 0 aliphatic carbocycles. The van der Waals surface area contributed by atoms with Crippen LogP contribution in [0, 0.1) is 5.82 Å². The van der Waals surface area contributed by atoms with E-state index in [-0.39, 0.29) is 37.0 Å². The van der Waals surface area contributed by atoms with E-state index >= 15 is 0 Å². The lowest BCUT2D eigenvalue weighted by Gasteiger charge is -2.19. The second-order valence-electron chi connectivity index (χ2n) is 5.80. The molecule has 3 rings (SSSR count). The van der Waals surface area contributed by atoms with Crippen molar-refractivity contribution in [1.29, 1.82) is 0 Å². The fourth-order valence-electron chi connectivity index (χ4n) is 2.87. The van der Waals surface area contributed by atoms with Crippen molar-refractivity contribution in [3.05, 3.63) is 51.7 Å². The van der Waals surface area contributed by atoms with Gasteiger partial charge in [0.25, 0.3) is 5.91 Å². The number of halogens is 1. The minimum atomic E-state index is -1.06. The molecule has 1 aromatic carbocycles. The Balaban J connectivity index is 1.76. The van der Waals surface area contributed by atoms with Crippen LogP contribution in [-0.2, 0) is 16.0 Å². The van der Waals surface area contributed by atoms with Crippen LogP contribution in [0.25, 0.3) is 0 Å². The number of carbonyl (C=O) groups excluding carboxylic acids is 1. The number of aliphatic carboxylic acids is 1. The van der Waals surface area contributed by atoms with Crippen LogP contribution in [0.1, 0.15) is 27.5 Å². The van der Waals surface area contributed by atoms with Crippen molar-refractivity contribution in [1.82, 2.24) is 9.88 Å². The van der Waals surface area contributed by atoms with Crippen molar-refractivity contribution in [2.75, 3.05) is 13.7 Å². The molecule has 0 spiro atoms. The lowest BCUT2D eigenvalue weighted by molar-refractivity contribution is -0.141. The minimum Gasteiger partial charge on any atom is -0.480 e. The fraction of sp³-hybridized carbons (Fsp3) is 0.353. The zero-order valence-electron chi connectivity index (χ0n) is 13.5. The smallest absolute Gasteiger partial charge is 0.326 e. The van der Waals surface area contributed by atoms with E-state index in [1.54, 1.807) is 23.6 Å². The Morgan fingerprint density at radius 3 is 2.88 bits per heavy atom. The van der Waals surface area contributed by atoms with Gasteiger partial charge in [0.15, 0.2) is 0 Å². The molecule has 0 saturated carbocycles. The van der Waals surface area contributed by atoms with Crippen LogP contribution >= 0.6 is 11.3 Å². The Labute approximate surface area is 147 Å². The first-order chi connectivity index (χ1) is 12.0. The largest absolute Gasteiger partial charge is 0.480 e. The highest BCUT2D eigenvalue weighted by Crippen LogP contribution is 2.24. The maximum absolute atomic E-state index is 13.7. The van der Waals surface area contributed by atoms with Gasteiger partial charge in [-0.25, -0.2) is 14.2 Å². The zero-order chi connectivity index (χ0) is 18.0. The molecule has 6 nitrogen and oxygen atoms in total. The number of carboxylic acid groups (broad SMARTS) is 1. The molecule has 1 aliphatic rings. The summed E-state index contributed by atoms with van der Waals surface area (Å²) in [6.07, 6.45) is 0.235. The Morgan fingerprint density at radius 2 is 2.20 bits per heavy atom. The highest BCUT2D eigenvalue weighted by Gasteiger charge is 2.40. The monoisotopic (exact) mass is 364 g/mol. The van der Waals surface area contributed by atoms with Crippen LogP contribution in [0.3, 0.4) is 0 Å². The van der Waals surface area contributed by atoms with E-state index in [1.807, 2.05) is 0 Å². The van der Waals surface area contributed by atoms with Gasteiger partial charge in [0, 0.05) is 31.9 Å². The van der Waals surface area contributed by atoms with Crippen molar-refractivity contribution in [2.24, 2.45) is 0 Å². The minimum absolute atomic E-state index is 0.180. The van der Waals surface area contributed by atoms with E-state index in [9.17, 15) is 19.1 Å². The highest BCUT2D eigenvalue weighted by molar-refractivity contribution is 7.09. The molecule has 2 unspecified atom stereocenters. The SMILES string of the molecule is COC1CC(C(=O)O)N(C(=O)c2csc(Cc3ccccc3F)n2)C1. The lowest BCUT2D eigenvalue weighted by atomic mass is 10.1. The molecular weight excluding hydrogens is 347 g/mol. The number of benzene rings is 1. The van der Waals surface area contributed by atoms with Gasteiger partial charge in [0.1, 0.15) is 17.6 Å². The third kappa shape index (κ3) is 3.69. The number of thiazole rings is 1. The lowest BCUT2D eigenvalue weighted by Crippen LogP contribution is -2.40. The normalized spacial score (nSPS) is 20.0. The average Bonchev–Trinajstić information content (AvgIpc) is 3.23. The van der Waals surface area contributed by atoms with E-state index in [2.05, 4.69) is 4.98 Å². The molecule has 2 heterocycles. The second-order valence-corrected chi connectivity index (χ2v) is 6.74. The average molecular weight is 364 g/mol. The van der Waals surface area contributed by atoms with Crippen LogP contribution in [0.15, 0.2) is 29.6 Å². The first-order valence-electron chi connectivity index (χ1n) is 7.74. The van der Waals surface area contributed by atoms with Gasteiger partial charge in [0.05, 0.1) is 11.1 Å². The summed E-state index contributed by atoms with van der Waals surface area (Å²) >= 11 is 1.25. The quantitative estimate of drug-likeness (QED) is 0.880. The van der Waals surface area contributed by atoms with E-state index < -0.39 is 17.9 Å². The number of nitrogens with zero attached hydrogens (tertiary/aromatic N) is 2. The summed E-state index contributed by atoms with van der Waals surface area (Å²) in [5, 5.41) is 11.5. The summed E-state index contributed by atoms with van der Waals surface area (Å²) in [4.78, 5) is 29.6. The maximum Gasteiger partial charge on any atom is 0.326 e. The fourth-order valence-corrected chi connectivity index (χ4v) is 3.66. The van der Waals surface area contributed by atoms with Crippen LogP contribution in [0.4, 0.5) is 4.39 Å². The second kappa shape index (κ2) is 7.28. The molecule has 8 heteroatoms. The molecule has 0 bridgehead atoms. The molecular formula is C17H17FN2O4S. The first kappa shape index (κ1) is 17.5.